The fraction of sp³-hybridized carbons (Fsp3) is 0.211. The molecule has 1 heterocycles. The topological polar surface area (TPSA) is 75.7 Å². The molecule has 0 bridgehead atoms. The number of ether oxygens (including phenoxy) is 1. The summed E-state index contributed by atoms with van der Waals surface area (Å²) in [6.45, 7) is 1.48. The molecular formula is C19H18Cl2N2O4S. The van der Waals surface area contributed by atoms with Crippen LogP contribution in [0.4, 0.5) is 5.69 Å². The molecule has 9 heteroatoms. The van der Waals surface area contributed by atoms with Crippen LogP contribution in [0.25, 0.3) is 6.08 Å². The number of rotatable bonds is 5. The number of hydrogen-bond acceptors (Lipinski definition) is 4. The highest BCUT2D eigenvalue weighted by Crippen LogP contribution is 2.25. The van der Waals surface area contributed by atoms with Gasteiger partial charge >= 0.3 is 0 Å². The lowest BCUT2D eigenvalue weighted by atomic mass is 10.2. The van der Waals surface area contributed by atoms with Gasteiger partial charge in [-0.05, 0) is 42.0 Å². The fourth-order valence-corrected chi connectivity index (χ4v) is 4.49. The van der Waals surface area contributed by atoms with Gasteiger partial charge in [-0.1, -0.05) is 35.3 Å². The van der Waals surface area contributed by atoms with Gasteiger partial charge in [0.1, 0.15) is 0 Å². The molecule has 1 N–H and O–H groups in total. The monoisotopic (exact) mass is 440 g/mol. The maximum atomic E-state index is 12.6. The minimum absolute atomic E-state index is 0.212. The normalized spacial score (nSPS) is 15.6. The second kappa shape index (κ2) is 9.07. The minimum atomic E-state index is -3.53. The average molecular weight is 441 g/mol. The van der Waals surface area contributed by atoms with E-state index < -0.39 is 10.0 Å². The molecule has 28 heavy (non-hydrogen) atoms. The molecular weight excluding hydrogens is 423 g/mol. The summed E-state index contributed by atoms with van der Waals surface area (Å²) in [5.41, 5.74) is 1.14. The van der Waals surface area contributed by atoms with Crippen molar-refractivity contribution in [3.05, 3.63) is 64.1 Å². The van der Waals surface area contributed by atoms with Gasteiger partial charge in [-0.15, -0.1) is 0 Å². The Morgan fingerprint density at radius 3 is 2.39 bits per heavy atom. The Bertz CT molecular complexity index is 985. The van der Waals surface area contributed by atoms with Crippen molar-refractivity contribution in [2.45, 2.75) is 4.90 Å². The quantitative estimate of drug-likeness (QED) is 0.719. The zero-order valence-corrected chi connectivity index (χ0v) is 17.1. The second-order valence-electron chi connectivity index (χ2n) is 6.03. The minimum Gasteiger partial charge on any atom is -0.379 e. The molecule has 0 saturated carbocycles. The third-order valence-electron chi connectivity index (χ3n) is 4.10. The predicted molar refractivity (Wildman–Crippen MR) is 110 cm³/mol. The first-order chi connectivity index (χ1) is 13.4. The number of carbonyl (C=O) groups excluding carboxylic acids is 1. The Morgan fingerprint density at radius 2 is 1.75 bits per heavy atom. The number of morpholine rings is 1. The first-order valence-corrected chi connectivity index (χ1v) is 10.7. The van der Waals surface area contributed by atoms with Crippen molar-refractivity contribution in [1.82, 2.24) is 4.31 Å². The number of benzene rings is 2. The van der Waals surface area contributed by atoms with Crippen LogP contribution in [0.2, 0.25) is 10.0 Å². The standard InChI is InChI=1S/C19H18Cl2N2O4S/c20-15-4-7-18(17(21)13-15)22-19(24)8-3-14-1-5-16(6-2-14)28(25,26)23-9-11-27-12-10-23/h1-8,13H,9-12H2,(H,22,24)/b8-3-. The third kappa shape index (κ3) is 5.12. The van der Waals surface area contributed by atoms with Crippen LogP contribution in [0.3, 0.4) is 0 Å². The smallest absolute Gasteiger partial charge is 0.248 e. The van der Waals surface area contributed by atoms with E-state index in [4.69, 9.17) is 27.9 Å². The lowest BCUT2D eigenvalue weighted by molar-refractivity contribution is -0.111. The van der Waals surface area contributed by atoms with Crippen LogP contribution in [0.1, 0.15) is 5.56 Å². The summed E-state index contributed by atoms with van der Waals surface area (Å²) < 4.78 is 31.8. The third-order valence-corrected chi connectivity index (χ3v) is 6.56. The summed E-state index contributed by atoms with van der Waals surface area (Å²) in [5.74, 6) is -0.366. The molecule has 0 radical (unpaired) electrons. The van der Waals surface area contributed by atoms with Crippen LogP contribution in [0, 0.1) is 0 Å². The summed E-state index contributed by atoms with van der Waals surface area (Å²) in [7, 11) is -3.53. The van der Waals surface area contributed by atoms with Crippen molar-refractivity contribution in [2.24, 2.45) is 0 Å². The van der Waals surface area contributed by atoms with E-state index in [1.54, 1.807) is 30.3 Å². The highest BCUT2D eigenvalue weighted by atomic mass is 35.5. The number of halogens is 2. The molecule has 1 aliphatic rings. The van der Waals surface area contributed by atoms with E-state index in [1.807, 2.05) is 0 Å². The van der Waals surface area contributed by atoms with Crippen molar-refractivity contribution in [3.63, 3.8) is 0 Å². The maximum absolute atomic E-state index is 12.6. The van der Waals surface area contributed by atoms with E-state index >= 15 is 0 Å². The van der Waals surface area contributed by atoms with E-state index in [-0.39, 0.29) is 10.8 Å². The highest BCUT2D eigenvalue weighted by Gasteiger charge is 2.25. The molecule has 1 fully saturated rings. The van der Waals surface area contributed by atoms with Crippen LogP contribution >= 0.6 is 23.2 Å². The summed E-state index contributed by atoms with van der Waals surface area (Å²) in [5, 5.41) is 3.47. The Balaban J connectivity index is 1.65. The molecule has 148 valence electrons. The highest BCUT2D eigenvalue weighted by molar-refractivity contribution is 7.89. The SMILES string of the molecule is O=C(/C=C\c1ccc(S(=O)(=O)N2CCOCC2)cc1)Nc1ccc(Cl)cc1Cl. The van der Waals surface area contributed by atoms with Gasteiger partial charge in [0.15, 0.2) is 0 Å². The zero-order chi connectivity index (χ0) is 20.1. The molecule has 0 aliphatic carbocycles. The van der Waals surface area contributed by atoms with Gasteiger partial charge in [-0.3, -0.25) is 4.79 Å². The molecule has 0 spiro atoms. The van der Waals surface area contributed by atoms with Gasteiger partial charge in [-0.2, -0.15) is 4.31 Å². The Morgan fingerprint density at radius 1 is 1.07 bits per heavy atom. The molecule has 0 aromatic heterocycles. The van der Waals surface area contributed by atoms with Gasteiger partial charge in [-0.25, -0.2) is 8.42 Å². The van der Waals surface area contributed by atoms with Crippen molar-refractivity contribution in [3.8, 4) is 0 Å². The molecule has 0 unspecified atom stereocenters. The van der Waals surface area contributed by atoms with E-state index in [1.165, 1.54) is 28.6 Å². The average Bonchev–Trinajstić information content (AvgIpc) is 2.69. The number of sulfonamides is 1. The van der Waals surface area contributed by atoms with Crippen LogP contribution in [0.15, 0.2) is 53.4 Å². The van der Waals surface area contributed by atoms with Crippen LogP contribution < -0.4 is 5.32 Å². The fourth-order valence-electron chi connectivity index (χ4n) is 2.62. The van der Waals surface area contributed by atoms with Gasteiger partial charge in [0.25, 0.3) is 0 Å². The molecule has 3 rings (SSSR count). The predicted octanol–water partition coefficient (Wildman–Crippen LogP) is 3.67. The molecule has 6 nitrogen and oxygen atoms in total. The number of nitrogens with one attached hydrogen (secondary N) is 1. The summed E-state index contributed by atoms with van der Waals surface area (Å²) in [6.07, 6.45) is 2.93. The van der Waals surface area contributed by atoms with Gasteiger partial charge in [0, 0.05) is 24.2 Å². The van der Waals surface area contributed by atoms with Crippen molar-refractivity contribution in [2.75, 3.05) is 31.6 Å². The molecule has 0 atom stereocenters. The summed E-state index contributed by atoms with van der Waals surface area (Å²) in [4.78, 5) is 12.3. The molecule has 1 saturated heterocycles. The lowest BCUT2D eigenvalue weighted by Crippen LogP contribution is -2.40. The summed E-state index contributed by atoms with van der Waals surface area (Å²) >= 11 is 11.8. The maximum Gasteiger partial charge on any atom is 0.248 e. The molecule has 1 aliphatic heterocycles. The molecule has 2 aromatic carbocycles. The van der Waals surface area contributed by atoms with Gasteiger partial charge < -0.3 is 10.1 Å². The largest absolute Gasteiger partial charge is 0.379 e. The second-order valence-corrected chi connectivity index (χ2v) is 8.81. The van der Waals surface area contributed by atoms with E-state index in [0.29, 0.717) is 47.6 Å². The number of nitrogens with zero attached hydrogens (tertiary/aromatic N) is 1. The van der Waals surface area contributed by atoms with E-state index in [0.717, 1.165) is 0 Å². The number of hydrogen-bond donors (Lipinski definition) is 1. The van der Waals surface area contributed by atoms with Crippen LogP contribution in [-0.2, 0) is 19.6 Å². The first-order valence-electron chi connectivity index (χ1n) is 8.48. The number of amides is 1. The van der Waals surface area contributed by atoms with Gasteiger partial charge in [0.2, 0.25) is 15.9 Å². The Labute approximate surface area is 173 Å². The van der Waals surface area contributed by atoms with Gasteiger partial charge in [0.05, 0.1) is 28.8 Å². The van der Waals surface area contributed by atoms with Crippen LogP contribution in [-0.4, -0.2) is 44.9 Å². The Hall–Kier alpha value is -1.90. The Kier molecular flexibility index (Phi) is 6.74. The van der Waals surface area contributed by atoms with E-state index in [2.05, 4.69) is 5.32 Å². The molecule has 1 amide bonds. The van der Waals surface area contributed by atoms with E-state index in [9.17, 15) is 13.2 Å². The lowest BCUT2D eigenvalue weighted by Gasteiger charge is -2.26. The van der Waals surface area contributed by atoms with Crippen molar-refractivity contribution >= 4 is 50.9 Å². The van der Waals surface area contributed by atoms with Crippen molar-refractivity contribution in [1.29, 1.82) is 0 Å². The number of anilines is 1. The number of carbonyl (C=O) groups is 1. The molecule has 2 aromatic rings. The zero-order valence-electron chi connectivity index (χ0n) is 14.8. The van der Waals surface area contributed by atoms with Crippen molar-refractivity contribution < 1.29 is 17.9 Å². The first kappa shape index (κ1) is 20.8. The van der Waals surface area contributed by atoms with Crippen LogP contribution in [0.5, 0.6) is 0 Å². The summed E-state index contributed by atoms with van der Waals surface area (Å²) in [6, 6.07) is 11.1.